The molecule has 0 radical (unpaired) electrons. The Morgan fingerprint density at radius 1 is 1.19 bits per heavy atom. The zero-order valence-corrected chi connectivity index (χ0v) is 11.8. The number of rotatable bonds is 1. The Morgan fingerprint density at radius 2 is 1.75 bits per heavy atom. The zero-order valence-electron chi connectivity index (χ0n) is 8.78. The van der Waals surface area contributed by atoms with Crippen LogP contribution in [-0.4, -0.2) is 37.0 Å². The van der Waals surface area contributed by atoms with Crippen LogP contribution in [0.5, 0.6) is 0 Å². The number of hydrogen-bond donors (Lipinski definition) is 1. The predicted molar refractivity (Wildman–Crippen MR) is 75.2 cm³/mol. The van der Waals surface area contributed by atoms with Gasteiger partial charge in [-0.3, -0.25) is 4.79 Å². The minimum atomic E-state index is 0. The molecule has 1 aromatic carbocycles. The summed E-state index contributed by atoms with van der Waals surface area (Å²) in [7, 11) is 0. The van der Waals surface area contributed by atoms with Crippen LogP contribution < -0.4 is 5.32 Å². The lowest BCUT2D eigenvalue weighted by atomic mass is 10.2. The maximum Gasteiger partial charge on any atom is 0.253 e. The van der Waals surface area contributed by atoms with E-state index < -0.39 is 0 Å². The second-order valence-corrected chi connectivity index (χ2v) is 4.79. The molecule has 1 amide bonds. The lowest BCUT2D eigenvalue weighted by Gasteiger charge is -2.27. The largest absolute Gasteiger partial charge is 0.336 e. The third kappa shape index (κ3) is 3.33. The molecule has 1 saturated heterocycles. The van der Waals surface area contributed by atoms with Crippen molar-refractivity contribution >= 4 is 40.9 Å². The highest BCUT2D eigenvalue weighted by molar-refractivity contribution is 14.1. The molecular weight excluding hydrogens is 338 g/mol. The number of carbonyl (C=O) groups is 1. The van der Waals surface area contributed by atoms with Crippen LogP contribution in [0.3, 0.4) is 0 Å². The van der Waals surface area contributed by atoms with Gasteiger partial charge in [-0.25, -0.2) is 0 Å². The van der Waals surface area contributed by atoms with Gasteiger partial charge in [-0.2, -0.15) is 0 Å². The van der Waals surface area contributed by atoms with E-state index >= 15 is 0 Å². The molecule has 1 heterocycles. The first kappa shape index (κ1) is 13.7. The fourth-order valence-electron chi connectivity index (χ4n) is 1.64. The van der Waals surface area contributed by atoms with Crippen LogP contribution in [0.1, 0.15) is 10.4 Å². The molecule has 0 unspecified atom stereocenters. The zero-order chi connectivity index (χ0) is 10.7. The van der Waals surface area contributed by atoms with Gasteiger partial charge in [0.2, 0.25) is 0 Å². The smallest absolute Gasteiger partial charge is 0.253 e. The Morgan fingerprint density at radius 3 is 2.31 bits per heavy atom. The molecule has 1 N–H and O–H groups in total. The summed E-state index contributed by atoms with van der Waals surface area (Å²) in [5, 5.41) is 3.24. The second-order valence-electron chi connectivity index (χ2n) is 3.55. The molecule has 1 aliphatic rings. The van der Waals surface area contributed by atoms with Crippen molar-refractivity contribution in [3.8, 4) is 0 Å². The van der Waals surface area contributed by atoms with Crippen molar-refractivity contribution in [1.29, 1.82) is 0 Å². The van der Waals surface area contributed by atoms with Crippen LogP contribution in [0.2, 0.25) is 0 Å². The highest BCUT2D eigenvalue weighted by atomic mass is 127. The van der Waals surface area contributed by atoms with Crippen LogP contribution in [0.4, 0.5) is 0 Å². The third-order valence-electron chi connectivity index (χ3n) is 2.50. The minimum absolute atomic E-state index is 0. The summed E-state index contributed by atoms with van der Waals surface area (Å²) >= 11 is 2.24. The van der Waals surface area contributed by atoms with Crippen molar-refractivity contribution in [2.24, 2.45) is 0 Å². The van der Waals surface area contributed by atoms with Gasteiger partial charge in [-0.15, -0.1) is 12.4 Å². The van der Waals surface area contributed by atoms with Crippen LogP contribution >= 0.6 is 35.0 Å². The minimum Gasteiger partial charge on any atom is -0.336 e. The predicted octanol–water partition coefficient (Wildman–Crippen LogP) is 1.76. The number of hydrogen-bond acceptors (Lipinski definition) is 2. The van der Waals surface area contributed by atoms with Gasteiger partial charge >= 0.3 is 0 Å². The molecule has 1 aliphatic heterocycles. The van der Waals surface area contributed by atoms with E-state index in [1.807, 2.05) is 29.2 Å². The van der Waals surface area contributed by atoms with Gasteiger partial charge in [-0.05, 0) is 46.9 Å². The van der Waals surface area contributed by atoms with Gasteiger partial charge in [0.05, 0.1) is 0 Å². The van der Waals surface area contributed by atoms with Gasteiger partial charge in [0.25, 0.3) is 5.91 Å². The van der Waals surface area contributed by atoms with E-state index in [2.05, 4.69) is 27.9 Å². The second kappa shape index (κ2) is 6.42. The van der Waals surface area contributed by atoms with E-state index in [9.17, 15) is 4.79 Å². The van der Waals surface area contributed by atoms with Crippen molar-refractivity contribution in [3.63, 3.8) is 0 Å². The number of piperazine rings is 1. The summed E-state index contributed by atoms with van der Waals surface area (Å²) < 4.78 is 1.16. The highest BCUT2D eigenvalue weighted by Gasteiger charge is 2.17. The van der Waals surface area contributed by atoms with E-state index in [0.29, 0.717) is 0 Å². The van der Waals surface area contributed by atoms with Gasteiger partial charge in [0.15, 0.2) is 0 Å². The molecule has 0 aliphatic carbocycles. The Hall–Kier alpha value is -0.330. The Kier molecular flexibility index (Phi) is 5.51. The van der Waals surface area contributed by atoms with Gasteiger partial charge in [0, 0.05) is 35.3 Å². The Labute approximate surface area is 115 Å². The van der Waals surface area contributed by atoms with E-state index in [1.165, 1.54) is 0 Å². The standard InChI is InChI=1S/C11H13IN2O.ClH/c12-10-3-1-9(2-4-10)11(15)14-7-5-13-6-8-14;/h1-4,13H,5-8H2;1H. The number of benzene rings is 1. The van der Waals surface area contributed by atoms with Gasteiger partial charge in [-0.1, -0.05) is 0 Å². The average molecular weight is 353 g/mol. The topological polar surface area (TPSA) is 32.3 Å². The van der Waals surface area contributed by atoms with Crippen LogP contribution in [0.25, 0.3) is 0 Å². The average Bonchev–Trinajstić information content (AvgIpc) is 2.30. The van der Waals surface area contributed by atoms with Gasteiger partial charge in [0.1, 0.15) is 0 Å². The number of nitrogens with one attached hydrogen (secondary N) is 1. The molecule has 3 nitrogen and oxygen atoms in total. The number of halogens is 2. The van der Waals surface area contributed by atoms with E-state index in [-0.39, 0.29) is 18.3 Å². The lowest BCUT2D eigenvalue weighted by Crippen LogP contribution is -2.46. The van der Waals surface area contributed by atoms with Crippen molar-refractivity contribution < 1.29 is 4.79 Å². The molecule has 0 atom stereocenters. The van der Waals surface area contributed by atoms with Crippen LogP contribution in [0.15, 0.2) is 24.3 Å². The summed E-state index contributed by atoms with van der Waals surface area (Å²) in [6, 6.07) is 7.73. The molecule has 2 rings (SSSR count). The summed E-state index contributed by atoms with van der Waals surface area (Å²) in [6.07, 6.45) is 0. The molecule has 16 heavy (non-hydrogen) atoms. The first-order chi connectivity index (χ1) is 7.27. The maximum atomic E-state index is 12.0. The molecule has 0 saturated carbocycles. The molecule has 88 valence electrons. The summed E-state index contributed by atoms with van der Waals surface area (Å²) in [4.78, 5) is 13.9. The Bertz CT molecular complexity index is 350. The fourth-order valence-corrected chi connectivity index (χ4v) is 2.00. The van der Waals surface area contributed by atoms with E-state index in [0.717, 1.165) is 35.3 Å². The normalized spacial score (nSPS) is 15.4. The molecule has 0 bridgehead atoms. The van der Waals surface area contributed by atoms with E-state index in [4.69, 9.17) is 0 Å². The maximum absolute atomic E-state index is 12.0. The molecule has 5 heteroatoms. The lowest BCUT2D eigenvalue weighted by molar-refractivity contribution is 0.0736. The molecule has 0 spiro atoms. The summed E-state index contributed by atoms with van der Waals surface area (Å²) in [5.74, 6) is 0.146. The first-order valence-corrected chi connectivity index (χ1v) is 6.11. The SMILES string of the molecule is Cl.O=C(c1ccc(I)cc1)N1CCNCC1. The third-order valence-corrected chi connectivity index (χ3v) is 3.21. The monoisotopic (exact) mass is 352 g/mol. The van der Waals surface area contributed by atoms with Crippen molar-refractivity contribution in [3.05, 3.63) is 33.4 Å². The number of amides is 1. The quantitative estimate of drug-likeness (QED) is 0.781. The van der Waals surface area contributed by atoms with Crippen molar-refractivity contribution in [2.75, 3.05) is 26.2 Å². The number of carbonyl (C=O) groups excluding carboxylic acids is 1. The van der Waals surface area contributed by atoms with Crippen molar-refractivity contribution in [2.45, 2.75) is 0 Å². The van der Waals surface area contributed by atoms with Crippen LogP contribution in [0, 0.1) is 3.57 Å². The fraction of sp³-hybridized carbons (Fsp3) is 0.364. The first-order valence-electron chi connectivity index (χ1n) is 5.03. The van der Waals surface area contributed by atoms with Crippen LogP contribution in [-0.2, 0) is 0 Å². The summed E-state index contributed by atoms with van der Waals surface area (Å²) in [5.41, 5.74) is 0.789. The van der Waals surface area contributed by atoms with Gasteiger partial charge < -0.3 is 10.2 Å². The number of nitrogens with zero attached hydrogens (tertiary/aromatic N) is 1. The highest BCUT2D eigenvalue weighted by Crippen LogP contribution is 2.09. The van der Waals surface area contributed by atoms with Crippen molar-refractivity contribution in [1.82, 2.24) is 10.2 Å². The summed E-state index contributed by atoms with van der Waals surface area (Å²) in [6.45, 7) is 3.42. The Balaban J connectivity index is 0.00000128. The molecule has 0 aromatic heterocycles. The molecule has 1 aromatic rings. The van der Waals surface area contributed by atoms with E-state index in [1.54, 1.807) is 0 Å². The molecule has 1 fully saturated rings. The molecular formula is C11H14ClIN2O.